The lowest BCUT2D eigenvalue weighted by atomic mass is 9.80. The third-order valence-corrected chi connectivity index (χ3v) is 6.23. The molecule has 3 rings (SSSR count). The molecule has 8 heteroatoms. The van der Waals surface area contributed by atoms with Gasteiger partial charge in [0.25, 0.3) is 0 Å². The van der Waals surface area contributed by atoms with Crippen molar-refractivity contribution in [3.05, 3.63) is 58.7 Å². The first kappa shape index (κ1) is 20.8. The van der Waals surface area contributed by atoms with E-state index in [1.54, 1.807) is 18.3 Å². The van der Waals surface area contributed by atoms with Gasteiger partial charge in [0, 0.05) is 9.86 Å². The van der Waals surface area contributed by atoms with E-state index in [-0.39, 0.29) is 0 Å². The highest BCUT2D eigenvalue weighted by molar-refractivity contribution is 9.10. The Morgan fingerprint density at radius 2 is 1.89 bits per heavy atom. The first-order valence-corrected chi connectivity index (χ1v) is 11.8. The van der Waals surface area contributed by atoms with Crippen molar-refractivity contribution in [2.45, 2.75) is 38.3 Å². The molecule has 0 saturated heterocycles. The average molecular weight is 466 g/mol. The fourth-order valence-corrected chi connectivity index (χ4v) is 4.62. The van der Waals surface area contributed by atoms with Crippen molar-refractivity contribution in [1.82, 2.24) is 9.78 Å². The average Bonchev–Trinajstić information content (AvgIpc) is 3.08. The van der Waals surface area contributed by atoms with Gasteiger partial charge in [0.05, 0.1) is 29.8 Å². The number of aromatic nitrogens is 2. The van der Waals surface area contributed by atoms with Crippen molar-refractivity contribution in [3.63, 3.8) is 0 Å². The van der Waals surface area contributed by atoms with Crippen molar-refractivity contribution in [1.29, 1.82) is 0 Å². The van der Waals surface area contributed by atoms with Crippen LogP contribution in [0.2, 0.25) is 0 Å². The van der Waals surface area contributed by atoms with E-state index in [0.717, 1.165) is 21.8 Å². The lowest BCUT2D eigenvalue weighted by molar-refractivity contribution is 0.0487. The normalized spacial score (nSPS) is 15.3. The zero-order valence-electron chi connectivity index (χ0n) is 16.1. The number of fused-ring (bicyclic) bond motifs is 1. The molecule has 0 bridgehead atoms. The molecule has 2 aromatic carbocycles. The highest BCUT2D eigenvalue weighted by atomic mass is 79.9. The molecule has 150 valence electrons. The van der Waals surface area contributed by atoms with Gasteiger partial charge in [-0.3, -0.25) is 9.40 Å². The third kappa shape index (κ3) is 3.68. The molecule has 1 heterocycles. The van der Waals surface area contributed by atoms with Gasteiger partial charge in [0.2, 0.25) is 10.0 Å². The van der Waals surface area contributed by atoms with Crippen molar-refractivity contribution >= 4 is 42.5 Å². The Bertz CT molecular complexity index is 1080. The van der Waals surface area contributed by atoms with E-state index < -0.39 is 21.7 Å². The zero-order chi connectivity index (χ0) is 20.5. The Hall–Kier alpha value is -1.90. The van der Waals surface area contributed by atoms with Crippen molar-refractivity contribution < 1.29 is 13.5 Å². The van der Waals surface area contributed by atoms with E-state index in [4.69, 9.17) is 0 Å². The molecular weight excluding hydrogens is 442 g/mol. The summed E-state index contributed by atoms with van der Waals surface area (Å²) in [4.78, 5) is 0. The molecule has 28 heavy (non-hydrogen) atoms. The Balaban J connectivity index is 2.28. The first-order chi connectivity index (χ1) is 13.2. The fourth-order valence-electron chi connectivity index (χ4n) is 3.78. The summed E-state index contributed by atoms with van der Waals surface area (Å²) in [5.74, 6) is 0. The van der Waals surface area contributed by atoms with Crippen molar-refractivity contribution in [2.24, 2.45) is 0 Å². The number of anilines is 1. The summed E-state index contributed by atoms with van der Waals surface area (Å²) in [7, 11) is -3.42. The van der Waals surface area contributed by atoms with Crippen LogP contribution in [0.3, 0.4) is 0 Å². The number of benzene rings is 2. The summed E-state index contributed by atoms with van der Waals surface area (Å²) in [6, 6.07) is 13.3. The summed E-state index contributed by atoms with van der Waals surface area (Å²) in [6.07, 6.45) is 3.26. The Labute approximate surface area is 173 Å². The molecule has 0 spiro atoms. The molecule has 0 saturated carbocycles. The van der Waals surface area contributed by atoms with Gasteiger partial charge >= 0.3 is 0 Å². The SMILES string of the molecule is CCC(O)C(CC)(c1ccc(Br)cc1)n1ncc2c(NS(C)(=O)=O)cccc21. The van der Waals surface area contributed by atoms with E-state index in [0.29, 0.717) is 23.9 Å². The maximum absolute atomic E-state index is 11.7. The Morgan fingerprint density at radius 1 is 1.21 bits per heavy atom. The summed E-state index contributed by atoms with van der Waals surface area (Å²) >= 11 is 3.46. The molecule has 0 amide bonds. The summed E-state index contributed by atoms with van der Waals surface area (Å²) in [5.41, 5.74) is 1.39. The second-order valence-corrected chi connectivity index (χ2v) is 9.54. The lowest BCUT2D eigenvalue weighted by Crippen LogP contribution is -2.46. The van der Waals surface area contributed by atoms with Gasteiger partial charge in [-0.15, -0.1) is 0 Å². The van der Waals surface area contributed by atoms with Crippen LogP contribution in [-0.4, -0.2) is 35.7 Å². The van der Waals surface area contributed by atoms with Crippen LogP contribution in [0.4, 0.5) is 5.69 Å². The molecule has 6 nitrogen and oxygen atoms in total. The van der Waals surface area contributed by atoms with Gasteiger partial charge in [-0.2, -0.15) is 5.10 Å². The predicted molar refractivity (Wildman–Crippen MR) is 116 cm³/mol. The molecule has 0 radical (unpaired) electrons. The van der Waals surface area contributed by atoms with Gasteiger partial charge in [-0.1, -0.05) is 48.0 Å². The first-order valence-electron chi connectivity index (χ1n) is 9.12. The number of aliphatic hydroxyl groups is 1. The lowest BCUT2D eigenvalue weighted by Gasteiger charge is -2.38. The minimum absolute atomic E-state index is 0.470. The van der Waals surface area contributed by atoms with E-state index in [1.807, 2.05) is 48.9 Å². The molecule has 2 unspecified atom stereocenters. The van der Waals surface area contributed by atoms with Gasteiger partial charge in [-0.05, 0) is 42.7 Å². The Kier molecular flexibility index (Phi) is 5.84. The van der Waals surface area contributed by atoms with Crippen LogP contribution in [0.5, 0.6) is 0 Å². The molecule has 2 atom stereocenters. The Morgan fingerprint density at radius 3 is 2.46 bits per heavy atom. The van der Waals surface area contributed by atoms with Crippen molar-refractivity contribution in [3.8, 4) is 0 Å². The van der Waals surface area contributed by atoms with E-state index >= 15 is 0 Å². The second-order valence-electron chi connectivity index (χ2n) is 6.88. The topological polar surface area (TPSA) is 84.2 Å². The van der Waals surface area contributed by atoms with Crippen LogP contribution < -0.4 is 4.72 Å². The highest BCUT2D eigenvalue weighted by Gasteiger charge is 2.41. The minimum Gasteiger partial charge on any atom is -0.390 e. The number of hydrogen-bond acceptors (Lipinski definition) is 4. The van der Waals surface area contributed by atoms with Crippen LogP contribution in [0.15, 0.2) is 53.1 Å². The molecular formula is C20H24BrN3O3S. The number of rotatable bonds is 7. The van der Waals surface area contributed by atoms with Crippen LogP contribution in [0.1, 0.15) is 32.3 Å². The number of nitrogens with one attached hydrogen (secondary N) is 1. The van der Waals surface area contributed by atoms with E-state index in [2.05, 4.69) is 25.8 Å². The monoisotopic (exact) mass is 465 g/mol. The maximum atomic E-state index is 11.7. The molecule has 3 aromatic rings. The van der Waals surface area contributed by atoms with Crippen molar-refractivity contribution in [2.75, 3.05) is 11.0 Å². The molecule has 0 aliphatic carbocycles. The minimum atomic E-state index is -3.42. The molecule has 1 aromatic heterocycles. The number of aliphatic hydroxyl groups excluding tert-OH is 1. The van der Waals surface area contributed by atoms with Gasteiger partial charge in [0.1, 0.15) is 5.54 Å². The zero-order valence-corrected chi connectivity index (χ0v) is 18.5. The smallest absolute Gasteiger partial charge is 0.229 e. The quantitative estimate of drug-likeness (QED) is 0.549. The second kappa shape index (κ2) is 7.85. The standard InChI is InChI=1S/C20H24BrN3O3S/c1-4-19(25)20(5-2,14-9-11-15(21)12-10-14)24-18-8-6-7-17(16(18)13-22-24)23-28(3,26)27/h6-13,19,23,25H,4-5H2,1-3H3. The molecule has 2 N–H and O–H groups in total. The van der Waals surface area contributed by atoms with E-state index in [1.165, 1.54) is 0 Å². The van der Waals surface area contributed by atoms with Crippen LogP contribution in [0.25, 0.3) is 10.9 Å². The van der Waals surface area contributed by atoms with Crippen LogP contribution >= 0.6 is 15.9 Å². The van der Waals surface area contributed by atoms with Crippen LogP contribution in [-0.2, 0) is 15.6 Å². The number of halogens is 1. The number of sulfonamides is 1. The summed E-state index contributed by atoms with van der Waals surface area (Å²) in [5, 5.41) is 16.4. The largest absolute Gasteiger partial charge is 0.390 e. The van der Waals surface area contributed by atoms with E-state index in [9.17, 15) is 13.5 Å². The number of nitrogens with zero attached hydrogens (tertiary/aromatic N) is 2. The highest BCUT2D eigenvalue weighted by Crippen LogP contribution is 2.38. The van der Waals surface area contributed by atoms with Gasteiger partial charge in [0.15, 0.2) is 0 Å². The molecule has 0 aliphatic rings. The van der Waals surface area contributed by atoms with Gasteiger partial charge in [-0.25, -0.2) is 8.42 Å². The summed E-state index contributed by atoms with van der Waals surface area (Å²) < 4.78 is 28.8. The van der Waals surface area contributed by atoms with Crippen LogP contribution in [0, 0.1) is 0 Å². The molecule has 0 fully saturated rings. The predicted octanol–water partition coefficient (Wildman–Crippen LogP) is 4.09. The number of hydrogen-bond donors (Lipinski definition) is 2. The fraction of sp³-hybridized carbons (Fsp3) is 0.350. The van der Waals surface area contributed by atoms with Gasteiger partial charge < -0.3 is 5.11 Å². The summed E-state index contributed by atoms with van der Waals surface area (Å²) in [6.45, 7) is 3.96. The maximum Gasteiger partial charge on any atom is 0.229 e. The molecule has 0 aliphatic heterocycles. The third-order valence-electron chi connectivity index (χ3n) is 5.11.